The summed E-state index contributed by atoms with van der Waals surface area (Å²) in [4.78, 5) is 0.375. The summed E-state index contributed by atoms with van der Waals surface area (Å²) in [6, 6.07) is 5.40. The second-order valence-corrected chi connectivity index (χ2v) is 7.84. The number of nitrogens with zero attached hydrogens (tertiary/aromatic N) is 1. The topological polar surface area (TPSA) is 58.6 Å². The maximum Gasteiger partial charge on any atom is 0.243 e. The van der Waals surface area contributed by atoms with Gasteiger partial charge in [-0.25, -0.2) is 8.42 Å². The van der Waals surface area contributed by atoms with Crippen molar-refractivity contribution in [2.24, 2.45) is 5.92 Å². The number of benzene rings is 1. The van der Waals surface area contributed by atoms with E-state index in [4.69, 9.17) is 4.74 Å². The van der Waals surface area contributed by atoms with Crippen molar-refractivity contribution < 1.29 is 13.2 Å². The van der Waals surface area contributed by atoms with Gasteiger partial charge < -0.3 is 10.1 Å². The van der Waals surface area contributed by atoms with Crippen molar-refractivity contribution >= 4 is 15.7 Å². The lowest BCUT2D eigenvalue weighted by atomic mass is 9.97. The smallest absolute Gasteiger partial charge is 0.243 e. The van der Waals surface area contributed by atoms with E-state index >= 15 is 0 Å². The highest BCUT2D eigenvalue weighted by Gasteiger charge is 2.34. The van der Waals surface area contributed by atoms with Gasteiger partial charge in [0.25, 0.3) is 0 Å². The van der Waals surface area contributed by atoms with Crippen molar-refractivity contribution in [2.45, 2.75) is 30.8 Å². The van der Waals surface area contributed by atoms with Crippen molar-refractivity contribution in [2.75, 3.05) is 32.1 Å². The molecule has 0 aliphatic carbocycles. The Bertz CT molecular complexity index is 630. The summed E-state index contributed by atoms with van der Waals surface area (Å²) in [7, 11) is -1.79. The molecule has 2 atom stereocenters. The van der Waals surface area contributed by atoms with Crippen molar-refractivity contribution in [3.63, 3.8) is 0 Å². The molecule has 2 aliphatic rings. The lowest BCUT2D eigenvalue weighted by Gasteiger charge is -2.35. The molecule has 1 saturated heterocycles. The van der Waals surface area contributed by atoms with Crippen molar-refractivity contribution in [3.8, 4) is 0 Å². The summed E-state index contributed by atoms with van der Waals surface area (Å²) in [5.41, 5.74) is 2.14. The third-order valence-corrected chi connectivity index (χ3v) is 6.44. The predicted molar refractivity (Wildman–Crippen MR) is 82.0 cm³/mol. The number of anilines is 1. The van der Waals surface area contributed by atoms with Crippen LogP contribution in [-0.2, 0) is 21.2 Å². The van der Waals surface area contributed by atoms with Gasteiger partial charge in [0.05, 0.1) is 11.0 Å². The molecule has 2 unspecified atom stereocenters. The van der Waals surface area contributed by atoms with Crippen LogP contribution in [0.3, 0.4) is 0 Å². The second kappa shape index (κ2) is 5.59. The van der Waals surface area contributed by atoms with Gasteiger partial charge in [-0.2, -0.15) is 4.31 Å². The molecule has 2 heterocycles. The van der Waals surface area contributed by atoms with E-state index in [1.54, 1.807) is 23.5 Å². The predicted octanol–water partition coefficient (Wildman–Crippen LogP) is 1.70. The molecule has 0 amide bonds. The Labute approximate surface area is 126 Å². The van der Waals surface area contributed by atoms with E-state index in [9.17, 15) is 8.42 Å². The van der Waals surface area contributed by atoms with E-state index in [2.05, 4.69) is 12.2 Å². The van der Waals surface area contributed by atoms with Crippen LogP contribution in [0.2, 0.25) is 0 Å². The number of rotatable bonds is 3. The van der Waals surface area contributed by atoms with Crippen molar-refractivity contribution in [3.05, 3.63) is 23.8 Å². The minimum absolute atomic E-state index is 0.0268. The van der Waals surface area contributed by atoms with Gasteiger partial charge in [0.1, 0.15) is 0 Å². The molecule has 0 spiro atoms. The highest BCUT2D eigenvalue weighted by Crippen LogP contribution is 2.29. The fraction of sp³-hybridized carbons (Fsp3) is 0.600. The number of sulfonamides is 1. The average molecular weight is 310 g/mol. The highest BCUT2D eigenvalue weighted by molar-refractivity contribution is 7.89. The molecule has 2 aliphatic heterocycles. The van der Waals surface area contributed by atoms with Gasteiger partial charge in [-0.3, -0.25) is 0 Å². The minimum Gasteiger partial charge on any atom is -0.384 e. The van der Waals surface area contributed by atoms with Crippen molar-refractivity contribution in [1.82, 2.24) is 4.31 Å². The van der Waals surface area contributed by atoms with Gasteiger partial charge in [-0.1, -0.05) is 13.0 Å². The van der Waals surface area contributed by atoms with Gasteiger partial charge in [0.2, 0.25) is 10.0 Å². The number of hydrogen-bond donors (Lipinski definition) is 1. The lowest BCUT2D eigenvalue weighted by Crippen LogP contribution is -2.46. The number of nitrogens with one attached hydrogen (secondary N) is 1. The van der Waals surface area contributed by atoms with Gasteiger partial charge in [-0.15, -0.1) is 0 Å². The normalized spacial score (nSPS) is 26.4. The Hall–Kier alpha value is -1.11. The Balaban J connectivity index is 1.86. The van der Waals surface area contributed by atoms with Gasteiger partial charge in [0.15, 0.2) is 0 Å². The standard InChI is InChI=1S/C15H22N2O3S/c1-11-6-8-17(10-15(11)20-2)21(18,19)13-4-3-12-5-7-16-14(12)9-13/h3-4,9,11,15-16H,5-8,10H2,1-2H3. The molecule has 6 heteroatoms. The molecule has 3 rings (SSSR count). The Morgan fingerprint density at radius 1 is 1.38 bits per heavy atom. The summed E-state index contributed by atoms with van der Waals surface area (Å²) < 4.78 is 32.6. The zero-order chi connectivity index (χ0) is 15.0. The molecule has 0 bridgehead atoms. The minimum atomic E-state index is -3.44. The zero-order valence-electron chi connectivity index (χ0n) is 12.5. The van der Waals surface area contributed by atoms with Gasteiger partial charge in [0, 0.05) is 32.4 Å². The van der Waals surface area contributed by atoms with Crippen LogP contribution in [0.1, 0.15) is 18.9 Å². The molecule has 21 heavy (non-hydrogen) atoms. The van der Waals surface area contributed by atoms with E-state index in [0.29, 0.717) is 23.9 Å². The molecule has 0 radical (unpaired) electrons. The van der Waals surface area contributed by atoms with E-state index in [-0.39, 0.29) is 6.10 Å². The van der Waals surface area contributed by atoms with Crippen LogP contribution in [0.25, 0.3) is 0 Å². The molecule has 1 fully saturated rings. The Kier molecular flexibility index (Phi) is 3.94. The zero-order valence-corrected chi connectivity index (χ0v) is 13.3. The summed E-state index contributed by atoms with van der Waals surface area (Å²) in [5, 5.41) is 3.23. The molecule has 1 N–H and O–H groups in total. The van der Waals surface area contributed by atoms with Crippen LogP contribution in [0.15, 0.2) is 23.1 Å². The monoisotopic (exact) mass is 310 g/mol. The molecule has 5 nitrogen and oxygen atoms in total. The number of methoxy groups -OCH3 is 1. The first-order chi connectivity index (χ1) is 10.0. The second-order valence-electron chi connectivity index (χ2n) is 5.90. The van der Waals surface area contributed by atoms with Gasteiger partial charge in [-0.05, 0) is 36.5 Å². The maximum atomic E-state index is 12.8. The molecule has 116 valence electrons. The Morgan fingerprint density at radius 2 is 2.19 bits per heavy atom. The van der Waals surface area contributed by atoms with Crippen LogP contribution in [0.4, 0.5) is 5.69 Å². The third kappa shape index (κ3) is 2.67. The molecule has 0 aromatic heterocycles. The van der Waals surface area contributed by atoms with Crippen molar-refractivity contribution in [1.29, 1.82) is 0 Å². The average Bonchev–Trinajstić information content (AvgIpc) is 2.94. The first-order valence-corrected chi connectivity index (χ1v) is 8.86. The number of ether oxygens (including phenoxy) is 1. The molecular formula is C15H22N2O3S. The molecule has 1 aromatic rings. The van der Waals surface area contributed by atoms with E-state index in [1.807, 2.05) is 6.07 Å². The SMILES string of the molecule is COC1CN(S(=O)(=O)c2ccc3c(c2)NCC3)CCC1C. The van der Waals surface area contributed by atoms with E-state index in [0.717, 1.165) is 25.1 Å². The van der Waals surface area contributed by atoms with Crippen LogP contribution < -0.4 is 5.32 Å². The lowest BCUT2D eigenvalue weighted by molar-refractivity contribution is 0.0184. The van der Waals surface area contributed by atoms with Crippen LogP contribution in [0, 0.1) is 5.92 Å². The van der Waals surface area contributed by atoms with Crippen LogP contribution in [0.5, 0.6) is 0 Å². The maximum absolute atomic E-state index is 12.8. The first kappa shape index (κ1) is 14.8. The number of piperidine rings is 1. The summed E-state index contributed by atoms with van der Waals surface area (Å²) in [6.07, 6.45) is 1.77. The summed E-state index contributed by atoms with van der Waals surface area (Å²) in [6.45, 7) is 3.99. The van der Waals surface area contributed by atoms with E-state index < -0.39 is 10.0 Å². The largest absolute Gasteiger partial charge is 0.384 e. The van der Waals surface area contributed by atoms with Crippen LogP contribution in [-0.4, -0.2) is 45.6 Å². The molecule has 0 saturated carbocycles. The molecular weight excluding hydrogens is 288 g/mol. The third-order valence-electron chi connectivity index (χ3n) is 4.58. The fourth-order valence-electron chi connectivity index (χ4n) is 3.11. The number of fused-ring (bicyclic) bond motifs is 1. The Morgan fingerprint density at radius 3 is 2.95 bits per heavy atom. The molecule has 1 aromatic carbocycles. The van der Waals surface area contributed by atoms with E-state index in [1.165, 1.54) is 5.56 Å². The van der Waals surface area contributed by atoms with Gasteiger partial charge >= 0.3 is 0 Å². The first-order valence-electron chi connectivity index (χ1n) is 7.42. The quantitative estimate of drug-likeness (QED) is 0.923. The summed E-state index contributed by atoms with van der Waals surface area (Å²) >= 11 is 0. The number of hydrogen-bond acceptors (Lipinski definition) is 4. The highest BCUT2D eigenvalue weighted by atomic mass is 32.2. The van der Waals surface area contributed by atoms with Crippen LogP contribution >= 0.6 is 0 Å². The summed E-state index contributed by atoms with van der Waals surface area (Å²) in [5.74, 6) is 0.392. The fourth-order valence-corrected chi connectivity index (χ4v) is 4.60.